The van der Waals surface area contributed by atoms with Gasteiger partial charge in [-0.05, 0) is 54.7 Å². The van der Waals surface area contributed by atoms with Crippen molar-refractivity contribution in [3.63, 3.8) is 0 Å². The van der Waals surface area contributed by atoms with E-state index in [0.717, 1.165) is 24.7 Å². The highest BCUT2D eigenvalue weighted by Crippen LogP contribution is 2.33. The predicted octanol–water partition coefficient (Wildman–Crippen LogP) is 3.23. The van der Waals surface area contributed by atoms with Crippen LogP contribution in [0.25, 0.3) is 0 Å². The Morgan fingerprint density at radius 1 is 1.16 bits per heavy atom. The maximum atomic E-state index is 10.1. The summed E-state index contributed by atoms with van der Waals surface area (Å²) in [4.78, 5) is 2.67. The van der Waals surface area contributed by atoms with Crippen molar-refractivity contribution in [3.05, 3.63) is 29.3 Å². The Hall–Kier alpha value is -1.02. The molecule has 104 valence electrons. The molecule has 1 unspecified atom stereocenters. The third-order valence-electron chi connectivity index (χ3n) is 4.85. The fourth-order valence-corrected chi connectivity index (χ4v) is 4.07. The van der Waals surface area contributed by atoms with Gasteiger partial charge in [0, 0.05) is 19.1 Å². The molecule has 2 nitrogen and oxygen atoms in total. The monoisotopic (exact) mass is 259 g/mol. The first-order valence-corrected chi connectivity index (χ1v) is 7.67. The number of phenols is 1. The summed E-state index contributed by atoms with van der Waals surface area (Å²) in [5, 5.41) is 10.1. The second-order valence-electron chi connectivity index (χ2n) is 6.71. The van der Waals surface area contributed by atoms with Gasteiger partial charge < -0.3 is 5.11 Å². The van der Waals surface area contributed by atoms with E-state index in [9.17, 15) is 5.11 Å². The minimum atomic E-state index is 0.500. The summed E-state index contributed by atoms with van der Waals surface area (Å²) < 4.78 is 0. The molecule has 3 atom stereocenters. The van der Waals surface area contributed by atoms with Crippen molar-refractivity contribution in [2.75, 3.05) is 13.1 Å². The molecule has 1 fully saturated rings. The van der Waals surface area contributed by atoms with Gasteiger partial charge in [0.15, 0.2) is 0 Å². The average Bonchev–Trinajstić information content (AvgIpc) is 2.38. The standard InChI is InChI=1S/C17H25NO/c1-12-8-13(2)11-18(10-12)15-7-6-14-4-3-5-17(19)16(14)9-15/h3-5,12-13,15,19H,6-11H2,1-2H3/t12-,13-,15?/m1/s1. The van der Waals surface area contributed by atoms with Crippen LogP contribution >= 0.6 is 0 Å². The number of hydrogen-bond donors (Lipinski definition) is 1. The Kier molecular flexibility index (Phi) is 3.53. The normalized spacial score (nSPS) is 32.0. The smallest absolute Gasteiger partial charge is 0.119 e. The minimum Gasteiger partial charge on any atom is -0.508 e. The zero-order valence-electron chi connectivity index (χ0n) is 12.1. The number of nitrogens with zero attached hydrogens (tertiary/aromatic N) is 1. The lowest BCUT2D eigenvalue weighted by molar-refractivity contribution is 0.0875. The van der Waals surface area contributed by atoms with E-state index in [1.807, 2.05) is 12.1 Å². The third-order valence-corrected chi connectivity index (χ3v) is 4.85. The molecule has 19 heavy (non-hydrogen) atoms. The number of hydrogen-bond acceptors (Lipinski definition) is 2. The van der Waals surface area contributed by atoms with Gasteiger partial charge in [0.1, 0.15) is 5.75 Å². The largest absolute Gasteiger partial charge is 0.508 e. The third kappa shape index (κ3) is 2.64. The van der Waals surface area contributed by atoms with Crippen molar-refractivity contribution >= 4 is 0 Å². The highest BCUT2D eigenvalue weighted by atomic mass is 16.3. The molecule has 3 rings (SSSR count). The van der Waals surface area contributed by atoms with Gasteiger partial charge in [-0.2, -0.15) is 0 Å². The van der Waals surface area contributed by atoms with Crippen LogP contribution < -0.4 is 0 Å². The first-order valence-electron chi connectivity index (χ1n) is 7.67. The van der Waals surface area contributed by atoms with Crippen LogP contribution in [0.4, 0.5) is 0 Å². The zero-order valence-corrected chi connectivity index (χ0v) is 12.1. The summed E-state index contributed by atoms with van der Waals surface area (Å²) in [6, 6.07) is 6.61. The summed E-state index contributed by atoms with van der Waals surface area (Å²) in [5.74, 6) is 2.13. The highest BCUT2D eigenvalue weighted by molar-refractivity contribution is 5.41. The molecule has 1 N–H and O–H groups in total. The first-order chi connectivity index (χ1) is 9.13. The molecule has 0 radical (unpaired) electrons. The summed E-state index contributed by atoms with van der Waals surface area (Å²) in [6.07, 6.45) is 4.76. The Morgan fingerprint density at radius 2 is 1.89 bits per heavy atom. The number of rotatable bonds is 1. The summed E-state index contributed by atoms with van der Waals surface area (Å²) in [6.45, 7) is 7.21. The molecule has 1 saturated heterocycles. The summed E-state index contributed by atoms with van der Waals surface area (Å²) >= 11 is 0. The van der Waals surface area contributed by atoms with Crippen LogP contribution in [0.5, 0.6) is 5.75 Å². The van der Waals surface area contributed by atoms with E-state index >= 15 is 0 Å². The molecule has 1 aliphatic carbocycles. The van der Waals surface area contributed by atoms with Gasteiger partial charge in [-0.15, -0.1) is 0 Å². The number of piperidine rings is 1. The maximum Gasteiger partial charge on any atom is 0.119 e. The van der Waals surface area contributed by atoms with Crippen molar-refractivity contribution in [1.29, 1.82) is 0 Å². The molecular formula is C17H25NO. The molecule has 0 saturated carbocycles. The second-order valence-corrected chi connectivity index (χ2v) is 6.71. The molecule has 1 aliphatic heterocycles. The molecule has 1 heterocycles. The molecule has 0 amide bonds. The van der Waals surface area contributed by atoms with Crippen molar-refractivity contribution in [3.8, 4) is 5.75 Å². The number of likely N-dealkylation sites (tertiary alicyclic amines) is 1. The molecule has 0 spiro atoms. The van der Waals surface area contributed by atoms with Gasteiger partial charge in [-0.3, -0.25) is 4.90 Å². The number of phenolic OH excluding ortho intramolecular Hbond substituents is 1. The van der Waals surface area contributed by atoms with E-state index in [-0.39, 0.29) is 0 Å². The van der Waals surface area contributed by atoms with Crippen molar-refractivity contribution < 1.29 is 5.11 Å². The van der Waals surface area contributed by atoms with Gasteiger partial charge in [0.2, 0.25) is 0 Å². The lowest BCUT2D eigenvalue weighted by Gasteiger charge is -2.42. The van der Waals surface area contributed by atoms with Crippen LogP contribution in [0.2, 0.25) is 0 Å². The van der Waals surface area contributed by atoms with Crippen LogP contribution in [0.3, 0.4) is 0 Å². The molecule has 1 aromatic rings. The van der Waals surface area contributed by atoms with Crippen LogP contribution in [-0.2, 0) is 12.8 Å². The van der Waals surface area contributed by atoms with E-state index < -0.39 is 0 Å². The predicted molar refractivity (Wildman–Crippen MR) is 78.4 cm³/mol. The quantitative estimate of drug-likeness (QED) is 0.837. The van der Waals surface area contributed by atoms with Gasteiger partial charge in [-0.25, -0.2) is 0 Å². The lowest BCUT2D eigenvalue weighted by atomic mass is 9.84. The first kappa shape index (κ1) is 13.0. The van der Waals surface area contributed by atoms with E-state index in [1.54, 1.807) is 0 Å². The van der Waals surface area contributed by atoms with Crippen LogP contribution in [-0.4, -0.2) is 29.1 Å². The molecule has 2 heteroatoms. The Balaban J connectivity index is 1.76. The maximum absolute atomic E-state index is 10.1. The van der Waals surface area contributed by atoms with Crippen molar-refractivity contribution in [2.24, 2.45) is 11.8 Å². The van der Waals surface area contributed by atoms with E-state index in [4.69, 9.17) is 0 Å². The highest BCUT2D eigenvalue weighted by Gasteiger charge is 2.30. The van der Waals surface area contributed by atoms with Gasteiger partial charge in [0.25, 0.3) is 0 Å². The average molecular weight is 259 g/mol. The Morgan fingerprint density at radius 3 is 2.63 bits per heavy atom. The van der Waals surface area contributed by atoms with Gasteiger partial charge in [0.05, 0.1) is 0 Å². The topological polar surface area (TPSA) is 23.5 Å². The Labute approximate surface area is 116 Å². The number of benzene rings is 1. The van der Waals surface area contributed by atoms with Crippen LogP contribution in [0, 0.1) is 11.8 Å². The fourth-order valence-electron chi connectivity index (χ4n) is 4.07. The molecule has 2 aliphatic rings. The fraction of sp³-hybridized carbons (Fsp3) is 0.647. The van der Waals surface area contributed by atoms with E-state index in [2.05, 4.69) is 24.8 Å². The lowest BCUT2D eigenvalue weighted by Crippen LogP contribution is -2.47. The van der Waals surface area contributed by atoms with Crippen molar-refractivity contribution in [2.45, 2.75) is 45.6 Å². The molecule has 1 aromatic carbocycles. The molecular weight excluding hydrogens is 234 g/mol. The zero-order chi connectivity index (χ0) is 13.4. The van der Waals surface area contributed by atoms with Crippen molar-refractivity contribution in [1.82, 2.24) is 4.90 Å². The molecule has 0 aromatic heterocycles. The molecule has 0 bridgehead atoms. The van der Waals surface area contributed by atoms with Gasteiger partial charge in [-0.1, -0.05) is 26.0 Å². The number of aryl methyl sites for hydroxylation is 1. The van der Waals surface area contributed by atoms with E-state index in [1.165, 1.54) is 37.1 Å². The minimum absolute atomic E-state index is 0.500. The second kappa shape index (κ2) is 5.16. The van der Waals surface area contributed by atoms with Crippen LogP contribution in [0.1, 0.15) is 37.8 Å². The number of aromatic hydroxyl groups is 1. The van der Waals surface area contributed by atoms with Crippen LogP contribution in [0.15, 0.2) is 18.2 Å². The van der Waals surface area contributed by atoms with E-state index in [0.29, 0.717) is 11.8 Å². The Bertz CT molecular complexity index is 447. The van der Waals surface area contributed by atoms with Gasteiger partial charge >= 0.3 is 0 Å². The number of fused-ring (bicyclic) bond motifs is 1. The summed E-state index contributed by atoms with van der Waals surface area (Å²) in [5.41, 5.74) is 2.55. The SMILES string of the molecule is C[C@@H]1C[C@@H](C)CN(C2CCc3cccc(O)c3C2)C1. The summed E-state index contributed by atoms with van der Waals surface area (Å²) in [7, 11) is 0.